The molecule has 17 heavy (non-hydrogen) atoms. The van der Waals surface area contributed by atoms with Crippen LogP contribution in [0.2, 0.25) is 0 Å². The molecule has 0 aliphatic rings. The van der Waals surface area contributed by atoms with Crippen LogP contribution in [0.3, 0.4) is 0 Å². The van der Waals surface area contributed by atoms with E-state index in [9.17, 15) is 9.90 Å². The Morgan fingerprint density at radius 1 is 1.59 bits per heavy atom. The highest BCUT2D eigenvalue weighted by atomic mass is 79.9. The van der Waals surface area contributed by atoms with Crippen molar-refractivity contribution in [1.82, 2.24) is 9.78 Å². The van der Waals surface area contributed by atoms with Crippen molar-refractivity contribution >= 4 is 21.9 Å². The number of hydrogen-bond donors (Lipinski definition) is 1. The van der Waals surface area contributed by atoms with E-state index in [0.717, 1.165) is 15.9 Å². The smallest absolute Gasteiger partial charge is 0.335 e. The van der Waals surface area contributed by atoms with Gasteiger partial charge >= 0.3 is 5.97 Å². The van der Waals surface area contributed by atoms with Gasteiger partial charge in [-0.3, -0.25) is 4.68 Å². The van der Waals surface area contributed by atoms with Crippen molar-refractivity contribution in [2.45, 2.75) is 39.8 Å². The van der Waals surface area contributed by atoms with Crippen LogP contribution >= 0.6 is 15.9 Å². The Morgan fingerprint density at radius 3 is 2.76 bits per heavy atom. The third-order valence-corrected chi connectivity index (χ3v) is 3.43. The molecule has 0 radical (unpaired) electrons. The number of ether oxygens (including phenoxy) is 1. The average Bonchev–Trinajstić information content (AvgIpc) is 2.57. The number of halogens is 1. The van der Waals surface area contributed by atoms with E-state index in [0.29, 0.717) is 6.54 Å². The molecule has 1 N–H and O–H groups in total. The molecule has 1 aromatic rings. The fourth-order valence-electron chi connectivity index (χ4n) is 1.57. The maximum Gasteiger partial charge on any atom is 0.335 e. The number of aromatic nitrogens is 2. The number of aliphatic hydroxyl groups excluding tert-OH is 1. The van der Waals surface area contributed by atoms with E-state index in [4.69, 9.17) is 4.74 Å². The van der Waals surface area contributed by atoms with Crippen molar-refractivity contribution in [2.24, 2.45) is 0 Å². The summed E-state index contributed by atoms with van der Waals surface area (Å²) in [6, 6.07) is 0. The Bertz CT molecular complexity index is 404. The molecule has 0 aromatic carbocycles. The van der Waals surface area contributed by atoms with Crippen molar-refractivity contribution in [3.8, 4) is 0 Å². The molecule has 0 spiro atoms. The first-order valence-electron chi connectivity index (χ1n) is 5.57. The van der Waals surface area contributed by atoms with Gasteiger partial charge in [-0.2, -0.15) is 5.10 Å². The molecule has 6 heteroatoms. The Morgan fingerprint density at radius 2 is 2.24 bits per heavy atom. The van der Waals surface area contributed by atoms with Crippen LogP contribution in [0, 0.1) is 6.92 Å². The van der Waals surface area contributed by atoms with E-state index in [2.05, 4.69) is 21.0 Å². The summed E-state index contributed by atoms with van der Waals surface area (Å²) in [7, 11) is 0. The van der Waals surface area contributed by atoms with Gasteiger partial charge in [0.2, 0.25) is 0 Å². The average molecular weight is 305 g/mol. The van der Waals surface area contributed by atoms with E-state index in [1.165, 1.54) is 0 Å². The lowest BCUT2D eigenvalue weighted by Crippen LogP contribution is -2.26. The second kappa shape index (κ2) is 6.16. The Kier molecular flexibility index (Phi) is 5.14. The summed E-state index contributed by atoms with van der Waals surface area (Å²) in [6.07, 6.45) is -0.943. The van der Waals surface area contributed by atoms with Crippen molar-refractivity contribution in [3.05, 3.63) is 15.9 Å². The second-order valence-corrected chi connectivity index (χ2v) is 4.43. The first-order valence-corrected chi connectivity index (χ1v) is 6.37. The molecular formula is C11H17BrN2O3. The number of carbonyl (C=O) groups is 1. The zero-order valence-electron chi connectivity index (χ0n) is 10.2. The van der Waals surface area contributed by atoms with Gasteiger partial charge in [0.15, 0.2) is 6.10 Å². The molecule has 0 aliphatic heterocycles. The van der Waals surface area contributed by atoms with Crippen LogP contribution in [0.5, 0.6) is 0 Å². The van der Waals surface area contributed by atoms with E-state index < -0.39 is 12.1 Å². The SMILES string of the molecule is CCOC(=O)C(O)Cc1c(Br)c(C)nn1CC. The summed E-state index contributed by atoms with van der Waals surface area (Å²) in [5, 5.41) is 14.0. The maximum absolute atomic E-state index is 11.3. The van der Waals surface area contributed by atoms with Crippen molar-refractivity contribution in [1.29, 1.82) is 0 Å². The number of rotatable bonds is 5. The molecule has 96 valence electrons. The maximum atomic E-state index is 11.3. The molecule has 0 saturated heterocycles. The van der Waals surface area contributed by atoms with Crippen LogP contribution in [-0.4, -0.2) is 33.6 Å². The lowest BCUT2D eigenvalue weighted by atomic mass is 10.2. The number of aliphatic hydroxyl groups is 1. The molecule has 1 unspecified atom stereocenters. The molecule has 1 aromatic heterocycles. The van der Waals surface area contributed by atoms with Crippen LogP contribution in [-0.2, 0) is 22.5 Å². The lowest BCUT2D eigenvalue weighted by Gasteiger charge is -2.11. The molecule has 0 saturated carbocycles. The van der Waals surface area contributed by atoms with Gasteiger partial charge in [0.25, 0.3) is 0 Å². The minimum absolute atomic E-state index is 0.202. The van der Waals surface area contributed by atoms with Gasteiger partial charge in [0.05, 0.1) is 22.5 Å². The fraction of sp³-hybridized carbons (Fsp3) is 0.636. The molecular weight excluding hydrogens is 288 g/mol. The molecule has 0 amide bonds. The normalized spacial score (nSPS) is 12.5. The molecule has 1 rings (SSSR count). The summed E-state index contributed by atoms with van der Waals surface area (Å²) in [5.74, 6) is -0.596. The third kappa shape index (κ3) is 3.29. The minimum Gasteiger partial charge on any atom is -0.464 e. The van der Waals surface area contributed by atoms with Crippen molar-refractivity contribution in [2.75, 3.05) is 6.61 Å². The number of carbonyl (C=O) groups excluding carboxylic acids is 1. The van der Waals surface area contributed by atoms with Crippen LogP contribution in [0.1, 0.15) is 25.2 Å². The van der Waals surface area contributed by atoms with E-state index in [-0.39, 0.29) is 13.0 Å². The van der Waals surface area contributed by atoms with Gasteiger partial charge in [0.1, 0.15) is 0 Å². The van der Waals surface area contributed by atoms with Crippen molar-refractivity contribution in [3.63, 3.8) is 0 Å². The summed E-state index contributed by atoms with van der Waals surface area (Å²) in [5.41, 5.74) is 1.66. The Balaban J connectivity index is 2.83. The predicted octanol–water partition coefficient (Wildman–Crippen LogP) is 1.44. The zero-order chi connectivity index (χ0) is 13.0. The van der Waals surface area contributed by atoms with Crippen LogP contribution in [0.25, 0.3) is 0 Å². The Labute approximate surface area is 109 Å². The van der Waals surface area contributed by atoms with Gasteiger partial charge in [-0.15, -0.1) is 0 Å². The second-order valence-electron chi connectivity index (χ2n) is 3.63. The first kappa shape index (κ1) is 14.2. The summed E-state index contributed by atoms with van der Waals surface area (Å²) >= 11 is 3.41. The van der Waals surface area contributed by atoms with Crippen LogP contribution < -0.4 is 0 Å². The lowest BCUT2D eigenvalue weighted by molar-refractivity contribution is -0.152. The Hall–Kier alpha value is -0.880. The van der Waals surface area contributed by atoms with Gasteiger partial charge in [0, 0.05) is 13.0 Å². The van der Waals surface area contributed by atoms with Crippen LogP contribution in [0.4, 0.5) is 0 Å². The molecule has 5 nitrogen and oxygen atoms in total. The third-order valence-electron chi connectivity index (χ3n) is 2.40. The highest BCUT2D eigenvalue weighted by Crippen LogP contribution is 2.22. The number of aryl methyl sites for hydroxylation is 2. The summed E-state index contributed by atoms with van der Waals surface area (Å²) in [4.78, 5) is 11.3. The molecule has 1 heterocycles. The predicted molar refractivity (Wildman–Crippen MR) is 66.7 cm³/mol. The van der Waals surface area contributed by atoms with Gasteiger partial charge in [-0.25, -0.2) is 4.79 Å². The number of esters is 1. The van der Waals surface area contributed by atoms with Gasteiger partial charge < -0.3 is 9.84 Å². The van der Waals surface area contributed by atoms with Crippen molar-refractivity contribution < 1.29 is 14.6 Å². The minimum atomic E-state index is -1.15. The van der Waals surface area contributed by atoms with Crippen LogP contribution in [0.15, 0.2) is 4.47 Å². The fourth-order valence-corrected chi connectivity index (χ4v) is 2.01. The molecule has 0 aliphatic carbocycles. The monoisotopic (exact) mass is 304 g/mol. The van der Waals surface area contributed by atoms with E-state index >= 15 is 0 Å². The molecule has 1 atom stereocenters. The van der Waals surface area contributed by atoms with Gasteiger partial charge in [-0.1, -0.05) is 0 Å². The van der Waals surface area contributed by atoms with E-state index in [1.54, 1.807) is 11.6 Å². The molecule has 0 bridgehead atoms. The standard InChI is InChI=1S/C11H17BrN2O3/c1-4-14-8(10(12)7(3)13-14)6-9(15)11(16)17-5-2/h9,15H,4-6H2,1-3H3. The van der Waals surface area contributed by atoms with Gasteiger partial charge in [-0.05, 0) is 36.7 Å². The topological polar surface area (TPSA) is 64.3 Å². The highest BCUT2D eigenvalue weighted by molar-refractivity contribution is 9.10. The highest BCUT2D eigenvalue weighted by Gasteiger charge is 2.21. The summed E-state index contributed by atoms with van der Waals surface area (Å²) < 4.78 is 7.36. The van der Waals surface area contributed by atoms with E-state index in [1.807, 2.05) is 13.8 Å². The first-order chi connectivity index (χ1) is 8.01. The number of hydrogen-bond acceptors (Lipinski definition) is 4. The quantitative estimate of drug-likeness (QED) is 0.836. The summed E-state index contributed by atoms with van der Waals surface area (Å²) in [6.45, 7) is 6.50. The molecule has 0 fully saturated rings. The largest absolute Gasteiger partial charge is 0.464 e. The number of nitrogens with zero attached hydrogens (tertiary/aromatic N) is 2. The zero-order valence-corrected chi connectivity index (χ0v) is 11.8.